The molecule has 1 aromatic carbocycles. The molecular weight excluding hydrogens is 245 g/mol. The molecular formula is C15H16FNO2. The Labute approximate surface area is 110 Å². The summed E-state index contributed by atoms with van der Waals surface area (Å²) in [5.41, 5.74) is 2.10. The summed E-state index contributed by atoms with van der Waals surface area (Å²) < 4.78 is 16.3. The molecule has 2 aromatic rings. The molecule has 0 spiro atoms. The molecule has 0 unspecified atom stereocenters. The van der Waals surface area contributed by atoms with E-state index in [1.165, 1.54) is 6.07 Å². The number of halogens is 1. The lowest BCUT2D eigenvalue weighted by atomic mass is 9.91. The number of rotatable bonds is 3. The lowest BCUT2D eigenvalue weighted by Gasteiger charge is -2.15. The third-order valence-electron chi connectivity index (χ3n) is 4.29. The standard InChI is InChI=1S/C15H16FNO2/c1-9-5-10-6-12(16)11(7-13(10)17(9)2)15(3-4-15)8-14(18)19/h5-7H,3-4,8H2,1-2H3,(H,18,19). The minimum atomic E-state index is -0.861. The Hall–Kier alpha value is -1.84. The Morgan fingerprint density at radius 2 is 2.11 bits per heavy atom. The second kappa shape index (κ2) is 3.83. The number of carboxylic acid groups (broad SMARTS) is 1. The fourth-order valence-electron chi connectivity index (χ4n) is 2.88. The van der Waals surface area contributed by atoms with Gasteiger partial charge in [-0.05, 0) is 43.5 Å². The van der Waals surface area contributed by atoms with Crippen LogP contribution >= 0.6 is 0 Å². The Balaban J connectivity index is 2.16. The predicted molar refractivity (Wildman–Crippen MR) is 70.8 cm³/mol. The molecule has 1 fully saturated rings. The summed E-state index contributed by atoms with van der Waals surface area (Å²) in [4.78, 5) is 10.9. The number of aliphatic carboxylic acids is 1. The van der Waals surface area contributed by atoms with Gasteiger partial charge in [-0.25, -0.2) is 4.39 Å². The van der Waals surface area contributed by atoms with Gasteiger partial charge in [0, 0.05) is 29.1 Å². The monoisotopic (exact) mass is 261 g/mol. The van der Waals surface area contributed by atoms with Crippen molar-refractivity contribution in [3.8, 4) is 0 Å². The Kier molecular flexibility index (Phi) is 2.46. The maximum absolute atomic E-state index is 14.2. The van der Waals surface area contributed by atoms with Crippen LogP contribution in [0.2, 0.25) is 0 Å². The zero-order valence-electron chi connectivity index (χ0n) is 11.0. The van der Waals surface area contributed by atoms with Crippen LogP contribution in [0.4, 0.5) is 4.39 Å². The average molecular weight is 261 g/mol. The van der Waals surface area contributed by atoms with Crippen molar-refractivity contribution in [3.05, 3.63) is 35.3 Å². The van der Waals surface area contributed by atoms with Crippen molar-refractivity contribution in [2.24, 2.45) is 7.05 Å². The van der Waals surface area contributed by atoms with Gasteiger partial charge in [0.1, 0.15) is 5.82 Å². The minimum absolute atomic E-state index is 0.0127. The molecule has 3 rings (SSSR count). The normalized spacial score (nSPS) is 16.8. The van der Waals surface area contributed by atoms with Crippen LogP contribution in [-0.4, -0.2) is 15.6 Å². The van der Waals surface area contributed by atoms with Gasteiger partial charge in [0.15, 0.2) is 0 Å². The van der Waals surface area contributed by atoms with Gasteiger partial charge in [0.25, 0.3) is 0 Å². The summed E-state index contributed by atoms with van der Waals surface area (Å²) in [5, 5.41) is 9.85. The second-order valence-corrected chi connectivity index (χ2v) is 5.59. The van der Waals surface area contributed by atoms with Gasteiger partial charge in [0.05, 0.1) is 6.42 Å². The summed E-state index contributed by atoms with van der Waals surface area (Å²) >= 11 is 0. The molecule has 0 aliphatic heterocycles. The number of nitrogens with zero attached hydrogens (tertiary/aromatic N) is 1. The molecule has 100 valence electrons. The first-order valence-corrected chi connectivity index (χ1v) is 6.41. The smallest absolute Gasteiger partial charge is 0.304 e. The van der Waals surface area contributed by atoms with Gasteiger partial charge in [-0.2, -0.15) is 0 Å². The third-order valence-corrected chi connectivity index (χ3v) is 4.29. The van der Waals surface area contributed by atoms with Crippen LogP contribution < -0.4 is 0 Å². The molecule has 1 N–H and O–H groups in total. The van der Waals surface area contributed by atoms with E-state index in [0.29, 0.717) is 5.56 Å². The summed E-state index contributed by atoms with van der Waals surface area (Å²) in [6, 6.07) is 5.30. The van der Waals surface area contributed by atoms with Gasteiger partial charge >= 0.3 is 5.97 Å². The molecule has 0 bridgehead atoms. The third kappa shape index (κ3) is 1.82. The predicted octanol–water partition coefficient (Wildman–Crippen LogP) is 3.13. The van der Waals surface area contributed by atoms with Gasteiger partial charge in [-0.1, -0.05) is 0 Å². The maximum Gasteiger partial charge on any atom is 0.304 e. The first-order valence-electron chi connectivity index (χ1n) is 6.41. The second-order valence-electron chi connectivity index (χ2n) is 5.59. The number of hydrogen-bond donors (Lipinski definition) is 1. The fraction of sp³-hybridized carbons (Fsp3) is 0.400. The maximum atomic E-state index is 14.2. The van der Waals surface area contributed by atoms with E-state index in [0.717, 1.165) is 29.4 Å². The van der Waals surface area contributed by atoms with Crippen molar-refractivity contribution in [2.45, 2.75) is 31.6 Å². The van der Waals surface area contributed by atoms with E-state index >= 15 is 0 Å². The molecule has 1 heterocycles. The SMILES string of the molecule is Cc1cc2cc(F)c(C3(CC(=O)O)CC3)cc2n1C. The van der Waals surface area contributed by atoms with Crippen molar-refractivity contribution >= 4 is 16.9 Å². The number of fused-ring (bicyclic) bond motifs is 1. The highest BCUT2D eigenvalue weighted by Crippen LogP contribution is 2.52. The molecule has 4 heteroatoms. The van der Waals surface area contributed by atoms with E-state index in [1.54, 1.807) is 0 Å². The number of hydrogen-bond acceptors (Lipinski definition) is 1. The Morgan fingerprint density at radius 3 is 2.68 bits per heavy atom. The van der Waals surface area contributed by atoms with Crippen LogP contribution in [0.1, 0.15) is 30.5 Å². The van der Waals surface area contributed by atoms with Crippen molar-refractivity contribution in [3.63, 3.8) is 0 Å². The molecule has 0 atom stereocenters. The number of aromatic nitrogens is 1. The molecule has 1 saturated carbocycles. The molecule has 0 radical (unpaired) electrons. The van der Waals surface area contributed by atoms with Crippen LogP contribution in [0, 0.1) is 12.7 Å². The van der Waals surface area contributed by atoms with E-state index < -0.39 is 11.4 Å². The number of carboxylic acids is 1. The van der Waals surface area contributed by atoms with Crippen LogP contribution in [-0.2, 0) is 17.3 Å². The average Bonchev–Trinajstić information content (AvgIpc) is 3.02. The quantitative estimate of drug-likeness (QED) is 0.922. The van der Waals surface area contributed by atoms with E-state index in [4.69, 9.17) is 5.11 Å². The van der Waals surface area contributed by atoms with Gasteiger partial charge in [-0.15, -0.1) is 0 Å². The van der Waals surface area contributed by atoms with E-state index in [9.17, 15) is 9.18 Å². The summed E-state index contributed by atoms with van der Waals surface area (Å²) in [6.45, 7) is 1.97. The van der Waals surface area contributed by atoms with Crippen molar-refractivity contribution in [1.82, 2.24) is 4.57 Å². The molecule has 1 aliphatic carbocycles. The van der Waals surface area contributed by atoms with Gasteiger partial charge in [-0.3, -0.25) is 4.79 Å². The highest BCUT2D eigenvalue weighted by molar-refractivity contribution is 5.83. The molecule has 0 amide bonds. The summed E-state index contributed by atoms with van der Waals surface area (Å²) in [6.07, 6.45) is 1.52. The highest BCUT2D eigenvalue weighted by atomic mass is 19.1. The van der Waals surface area contributed by atoms with E-state index in [2.05, 4.69) is 0 Å². The molecule has 19 heavy (non-hydrogen) atoms. The number of aryl methyl sites for hydroxylation is 2. The van der Waals surface area contributed by atoms with E-state index in [-0.39, 0.29) is 12.2 Å². The Bertz CT molecular complexity index is 683. The van der Waals surface area contributed by atoms with Crippen molar-refractivity contribution < 1.29 is 14.3 Å². The molecule has 0 saturated heterocycles. The summed E-state index contributed by atoms with van der Waals surface area (Å²) in [7, 11) is 1.94. The first kappa shape index (κ1) is 12.2. The first-order chi connectivity index (χ1) is 8.93. The lowest BCUT2D eigenvalue weighted by Crippen LogP contribution is -2.14. The Morgan fingerprint density at radius 1 is 1.42 bits per heavy atom. The number of carbonyl (C=O) groups is 1. The van der Waals surface area contributed by atoms with E-state index in [1.807, 2.05) is 30.7 Å². The van der Waals surface area contributed by atoms with Crippen LogP contribution in [0.5, 0.6) is 0 Å². The van der Waals surface area contributed by atoms with Crippen molar-refractivity contribution in [2.75, 3.05) is 0 Å². The minimum Gasteiger partial charge on any atom is -0.481 e. The number of benzene rings is 1. The molecule has 3 nitrogen and oxygen atoms in total. The molecule has 1 aliphatic rings. The van der Waals surface area contributed by atoms with Crippen molar-refractivity contribution in [1.29, 1.82) is 0 Å². The largest absolute Gasteiger partial charge is 0.481 e. The fourth-order valence-corrected chi connectivity index (χ4v) is 2.88. The highest BCUT2D eigenvalue weighted by Gasteiger charge is 2.47. The van der Waals surface area contributed by atoms with Crippen LogP contribution in [0.15, 0.2) is 18.2 Å². The molecule has 1 aromatic heterocycles. The van der Waals surface area contributed by atoms with Gasteiger partial charge in [0.2, 0.25) is 0 Å². The lowest BCUT2D eigenvalue weighted by molar-refractivity contribution is -0.137. The zero-order chi connectivity index (χ0) is 13.8. The van der Waals surface area contributed by atoms with Gasteiger partial charge < -0.3 is 9.67 Å². The topological polar surface area (TPSA) is 42.2 Å². The van der Waals surface area contributed by atoms with Crippen LogP contribution in [0.25, 0.3) is 10.9 Å². The zero-order valence-corrected chi connectivity index (χ0v) is 11.0. The van der Waals surface area contributed by atoms with Crippen LogP contribution in [0.3, 0.4) is 0 Å². The summed E-state index contributed by atoms with van der Waals surface area (Å²) in [5.74, 6) is -1.14.